The van der Waals surface area contributed by atoms with Crippen LogP contribution in [-0.2, 0) is 12.8 Å². The Bertz CT molecular complexity index is 1150. The average molecular weight is 483 g/mol. The highest BCUT2D eigenvalue weighted by atomic mass is 19.4. The van der Waals surface area contributed by atoms with E-state index in [-0.39, 0.29) is 37.9 Å². The van der Waals surface area contributed by atoms with Crippen LogP contribution in [0.3, 0.4) is 0 Å². The number of benzene rings is 1. The third kappa shape index (κ3) is 6.67. The molecule has 1 aromatic carbocycles. The number of alkyl halides is 3. The van der Waals surface area contributed by atoms with Crippen LogP contribution in [0.1, 0.15) is 28.1 Å². The highest BCUT2D eigenvalue weighted by Gasteiger charge is 2.32. The smallest absolute Gasteiger partial charge is 0.416 e. The summed E-state index contributed by atoms with van der Waals surface area (Å²) in [7, 11) is 0. The normalized spacial score (nSPS) is 11.2. The summed E-state index contributed by atoms with van der Waals surface area (Å²) in [6.07, 6.45) is -3.15. The van der Waals surface area contributed by atoms with Crippen molar-refractivity contribution in [1.29, 1.82) is 0 Å². The molecule has 0 fully saturated rings. The molecule has 3 rings (SSSR count). The third-order valence-corrected chi connectivity index (χ3v) is 4.31. The van der Waals surface area contributed by atoms with Gasteiger partial charge >= 0.3 is 6.18 Å². The first kappa shape index (κ1) is 24.5. The molecule has 0 radical (unpaired) electrons. The fourth-order valence-electron chi connectivity index (χ4n) is 2.68. The number of amides is 1. The first-order chi connectivity index (χ1) is 16.1. The van der Waals surface area contributed by atoms with Crippen molar-refractivity contribution < 1.29 is 41.2 Å². The molecule has 0 atom stereocenters. The van der Waals surface area contributed by atoms with Crippen LogP contribution in [0.2, 0.25) is 0 Å². The van der Waals surface area contributed by atoms with E-state index < -0.39 is 39.6 Å². The van der Waals surface area contributed by atoms with Crippen LogP contribution in [0.25, 0.3) is 0 Å². The van der Waals surface area contributed by atoms with E-state index in [0.717, 1.165) is 24.3 Å². The van der Waals surface area contributed by atoms with Crippen molar-refractivity contribution in [1.82, 2.24) is 10.3 Å². The Labute approximate surface area is 189 Å². The zero-order valence-electron chi connectivity index (χ0n) is 17.3. The van der Waals surface area contributed by atoms with Gasteiger partial charge in [0.05, 0.1) is 28.9 Å². The molecule has 1 N–H and O–H groups in total. The van der Waals surface area contributed by atoms with Crippen molar-refractivity contribution >= 4 is 11.6 Å². The Morgan fingerprint density at radius 1 is 1.15 bits per heavy atom. The molecule has 0 unspecified atom stereocenters. The van der Waals surface area contributed by atoms with Gasteiger partial charge in [-0.1, -0.05) is 0 Å². The van der Waals surface area contributed by atoms with Crippen LogP contribution in [-0.4, -0.2) is 29.0 Å². The first-order valence-electron chi connectivity index (χ1n) is 9.73. The van der Waals surface area contributed by atoms with E-state index in [2.05, 4.69) is 10.3 Å². The second-order valence-electron chi connectivity index (χ2n) is 6.78. The van der Waals surface area contributed by atoms with Gasteiger partial charge in [0, 0.05) is 30.8 Å². The zero-order chi connectivity index (χ0) is 24.7. The van der Waals surface area contributed by atoms with Crippen LogP contribution >= 0.6 is 0 Å². The number of nitrogens with one attached hydrogen (secondary N) is 1. The fraction of sp³-hybridized carbons (Fsp3) is 0.238. The average Bonchev–Trinajstić information content (AvgIpc) is 3.30. The topological polar surface area (TPSA) is 117 Å². The quantitative estimate of drug-likeness (QED) is 0.195. The number of non-ortho nitro benzene ring substituents is 1. The number of nitro benzene ring substituents is 1. The summed E-state index contributed by atoms with van der Waals surface area (Å²) in [5, 5.41) is 13.1. The summed E-state index contributed by atoms with van der Waals surface area (Å²) in [5.74, 6) is -2.10. The largest absolute Gasteiger partial charge is 0.477 e. The summed E-state index contributed by atoms with van der Waals surface area (Å²) in [6.45, 7) is -0.313. The van der Waals surface area contributed by atoms with E-state index in [0.29, 0.717) is 11.8 Å². The minimum Gasteiger partial charge on any atom is -0.477 e. The molecule has 0 saturated carbocycles. The van der Waals surface area contributed by atoms with Crippen LogP contribution < -0.4 is 14.8 Å². The second kappa shape index (κ2) is 10.6. The molecule has 13 heteroatoms. The number of rotatable bonds is 10. The van der Waals surface area contributed by atoms with E-state index in [1.165, 1.54) is 6.26 Å². The molecule has 180 valence electrons. The Kier molecular flexibility index (Phi) is 7.66. The van der Waals surface area contributed by atoms with Crippen molar-refractivity contribution in [2.45, 2.75) is 19.2 Å². The van der Waals surface area contributed by atoms with E-state index in [1.54, 1.807) is 12.1 Å². The van der Waals surface area contributed by atoms with Crippen molar-refractivity contribution in [2.24, 2.45) is 0 Å². The van der Waals surface area contributed by atoms with E-state index in [4.69, 9.17) is 13.9 Å². The summed E-state index contributed by atoms with van der Waals surface area (Å²) in [6, 6.07) is 7.14. The number of ether oxygens (including phenoxy) is 2. The zero-order valence-corrected chi connectivity index (χ0v) is 17.3. The van der Waals surface area contributed by atoms with Crippen molar-refractivity contribution in [3.63, 3.8) is 0 Å². The van der Waals surface area contributed by atoms with Gasteiger partial charge in [-0.25, -0.2) is 4.39 Å². The maximum absolute atomic E-state index is 13.8. The molecule has 0 aliphatic carbocycles. The number of carbonyl (C=O) groups is 1. The van der Waals surface area contributed by atoms with Crippen molar-refractivity contribution in [3.05, 3.63) is 81.5 Å². The highest BCUT2D eigenvalue weighted by molar-refractivity contribution is 5.95. The maximum atomic E-state index is 13.8. The monoisotopic (exact) mass is 483 g/mol. The number of nitrogens with zero attached hydrogens (tertiary/aromatic N) is 2. The lowest BCUT2D eigenvalue weighted by Crippen LogP contribution is -2.26. The second-order valence-corrected chi connectivity index (χ2v) is 6.78. The molecule has 34 heavy (non-hydrogen) atoms. The lowest BCUT2D eigenvalue weighted by atomic mass is 10.1. The standard InChI is InChI=1S/C21H17F4N3O6/c22-17-5-4-14(28(30)31)11-16(17)20(29)26-6-2-8-33-18-9-13(21(23,24)25)10-19(27-18)34-12-15-3-1-7-32-15/h1,3-5,7,9-11H,2,6,8,12H2,(H,26,29). The minimum atomic E-state index is -4.67. The number of aromatic nitrogens is 1. The number of hydrogen-bond acceptors (Lipinski definition) is 7. The fourth-order valence-corrected chi connectivity index (χ4v) is 2.68. The van der Waals surface area contributed by atoms with Crippen molar-refractivity contribution in [3.8, 4) is 11.8 Å². The predicted molar refractivity (Wildman–Crippen MR) is 108 cm³/mol. The van der Waals surface area contributed by atoms with Gasteiger partial charge in [0.25, 0.3) is 11.6 Å². The molecule has 0 aliphatic rings. The maximum Gasteiger partial charge on any atom is 0.416 e. The SMILES string of the molecule is O=C(NCCCOc1cc(C(F)(F)F)cc(OCc2ccco2)n1)c1cc([N+](=O)[O-])ccc1F. The van der Waals surface area contributed by atoms with Gasteiger partial charge in [-0.05, 0) is 24.6 Å². The molecular weight excluding hydrogens is 466 g/mol. The summed E-state index contributed by atoms with van der Waals surface area (Å²) >= 11 is 0. The van der Waals surface area contributed by atoms with Crippen molar-refractivity contribution in [2.75, 3.05) is 13.2 Å². The van der Waals surface area contributed by atoms with Gasteiger partial charge in [0.1, 0.15) is 18.2 Å². The summed E-state index contributed by atoms with van der Waals surface area (Å²) in [5.41, 5.74) is -1.98. The number of pyridine rings is 1. The molecule has 1 amide bonds. The van der Waals surface area contributed by atoms with Gasteiger partial charge in [0.2, 0.25) is 11.8 Å². The predicted octanol–water partition coefficient (Wildman–Crippen LogP) is 4.52. The third-order valence-electron chi connectivity index (χ3n) is 4.31. The number of carbonyl (C=O) groups excluding carboxylic acids is 1. The number of halogens is 4. The van der Waals surface area contributed by atoms with Crippen LogP contribution in [0.4, 0.5) is 23.2 Å². The van der Waals surface area contributed by atoms with Crippen LogP contribution in [0.15, 0.2) is 53.1 Å². The van der Waals surface area contributed by atoms with Gasteiger partial charge in [-0.3, -0.25) is 14.9 Å². The molecule has 2 aromatic heterocycles. The Morgan fingerprint density at radius 3 is 2.53 bits per heavy atom. The number of furan rings is 1. The van der Waals surface area contributed by atoms with Gasteiger partial charge in [-0.15, -0.1) is 0 Å². The van der Waals surface area contributed by atoms with Crippen LogP contribution in [0.5, 0.6) is 11.8 Å². The van der Waals surface area contributed by atoms with Gasteiger partial charge < -0.3 is 19.2 Å². The summed E-state index contributed by atoms with van der Waals surface area (Å²) in [4.78, 5) is 26.0. The molecule has 3 aromatic rings. The Morgan fingerprint density at radius 2 is 1.88 bits per heavy atom. The molecule has 2 heterocycles. The molecule has 0 spiro atoms. The molecule has 0 bridgehead atoms. The van der Waals surface area contributed by atoms with E-state index in [9.17, 15) is 32.5 Å². The highest BCUT2D eigenvalue weighted by Crippen LogP contribution is 2.33. The summed E-state index contributed by atoms with van der Waals surface area (Å²) < 4.78 is 68.9. The molecule has 9 nitrogen and oxygen atoms in total. The number of nitro groups is 1. The Balaban J connectivity index is 1.55. The molecular formula is C21H17F4N3O6. The first-order valence-corrected chi connectivity index (χ1v) is 9.73. The Hall–Kier alpha value is -4.16. The lowest BCUT2D eigenvalue weighted by Gasteiger charge is -2.13. The van der Waals surface area contributed by atoms with Gasteiger partial charge in [0.15, 0.2) is 0 Å². The molecule has 0 aliphatic heterocycles. The van der Waals surface area contributed by atoms with Gasteiger partial charge in [-0.2, -0.15) is 18.2 Å². The van der Waals surface area contributed by atoms with E-state index >= 15 is 0 Å². The lowest BCUT2D eigenvalue weighted by molar-refractivity contribution is -0.384. The minimum absolute atomic E-state index is 0.0399. The van der Waals surface area contributed by atoms with Crippen LogP contribution in [0, 0.1) is 15.9 Å². The number of hydrogen-bond donors (Lipinski definition) is 1. The molecule has 0 saturated heterocycles. The van der Waals surface area contributed by atoms with E-state index in [1.807, 2.05) is 0 Å².